The fourth-order valence-electron chi connectivity index (χ4n) is 1.22. The van der Waals surface area contributed by atoms with Gasteiger partial charge in [0.05, 0.1) is 7.11 Å². The summed E-state index contributed by atoms with van der Waals surface area (Å²) >= 11 is 0. The summed E-state index contributed by atoms with van der Waals surface area (Å²) in [5, 5.41) is 18.3. The summed E-state index contributed by atoms with van der Waals surface area (Å²) in [6, 6.07) is 6.92. The summed E-state index contributed by atoms with van der Waals surface area (Å²) in [7, 11) is 1.56. The van der Waals surface area contributed by atoms with E-state index in [1.165, 1.54) is 6.92 Å². The molecule has 4 nitrogen and oxygen atoms in total. The molecule has 1 aromatic carbocycles. The number of hydrogen-bond donors (Lipinski definition) is 2. The number of aliphatic hydroxyl groups is 1. The molecule has 1 rings (SSSR count). The van der Waals surface area contributed by atoms with Crippen LogP contribution in [0.15, 0.2) is 24.3 Å². The van der Waals surface area contributed by atoms with E-state index in [9.17, 15) is 9.90 Å². The Morgan fingerprint density at radius 3 is 2.33 bits per heavy atom. The molecule has 0 bridgehead atoms. The number of benzene rings is 1. The van der Waals surface area contributed by atoms with E-state index in [0.717, 1.165) is 5.56 Å². The van der Waals surface area contributed by atoms with E-state index in [0.29, 0.717) is 5.75 Å². The van der Waals surface area contributed by atoms with Crippen LogP contribution >= 0.6 is 0 Å². The van der Waals surface area contributed by atoms with Gasteiger partial charge in [-0.3, -0.25) is 0 Å². The lowest BCUT2D eigenvalue weighted by Crippen LogP contribution is -2.37. The summed E-state index contributed by atoms with van der Waals surface area (Å²) in [6.45, 7) is 1.28. The highest BCUT2D eigenvalue weighted by Crippen LogP contribution is 2.17. The number of carboxylic acids is 1. The van der Waals surface area contributed by atoms with Crippen molar-refractivity contribution < 1.29 is 19.7 Å². The summed E-state index contributed by atoms with van der Waals surface area (Å²) < 4.78 is 4.97. The Kier molecular flexibility index (Phi) is 3.31. The molecule has 15 heavy (non-hydrogen) atoms. The van der Waals surface area contributed by atoms with Crippen LogP contribution in [0.5, 0.6) is 5.75 Å². The molecule has 2 N–H and O–H groups in total. The van der Waals surface area contributed by atoms with Gasteiger partial charge in [-0.25, -0.2) is 4.79 Å². The van der Waals surface area contributed by atoms with Gasteiger partial charge in [-0.05, 0) is 24.6 Å². The van der Waals surface area contributed by atoms with Crippen molar-refractivity contribution in [3.05, 3.63) is 29.8 Å². The number of carbonyl (C=O) groups is 1. The topological polar surface area (TPSA) is 66.8 Å². The lowest BCUT2D eigenvalue weighted by Gasteiger charge is -2.17. The Morgan fingerprint density at radius 1 is 1.40 bits per heavy atom. The molecule has 1 atom stereocenters. The van der Waals surface area contributed by atoms with Crippen LogP contribution in [0.25, 0.3) is 0 Å². The Morgan fingerprint density at radius 2 is 1.93 bits per heavy atom. The van der Waals surface area contributed by atoms with Crippen LogP contribution in [0.4, 0.5) is 0 Å². The Labute approximate surface area is 88.1 Å². The van der Waals surface area contributed by atoms with E-state index < -0.39 is 11.6 Å². The standard InChI is InChI=1S/C11H14O4/c1-11(14,10(12)13)7-8-3-5-9(15-2)6-4-8/h3-6,14H,7H2,1-2H3,(H,12,13). The molecule has 0 spiro atoms. The average molecular weight is 210 g/mol. The summed E-state index contributed by atoms with van der Waals surface area (Å²) in [4.78, 5) is 10.7. The Balaban J connectivity index is 2.77. The summed E-state index contributed by atoms with van der Waals surface area (Å²) in [6.07, 6.45) is 0.0757. The Hall–Kier alpha value is -1.55. The van der Waals surface area contributed by atoms with Crippen molar-refractivity contribution in [1.29, 1.82) is 0 Å². The zero-order valence-corrected chi connectivity index (χ0v) is 8.73. The van der Waals surface area contributed by atoms with E-state index in [1.54, 1.807) is 31.4 Å². The van der Waals surface area contributed by atoms with E-state index in [1.807, 2.05) is 0 Å². The second kappa shape index (κ2) is 4.31. The number of rotatable bonds is 4. The van der Waals surface area contributed by atoms with E-state index in [-0.39, 0.29) is 6.42 Å². The highest BCUT2D eigenvalue weighted by atomic mass is 16.5. The van der Waals surface area contributed by atoms with Gasteiger partial charge in [-0.2, -0.15) is 0 Å². The van der Waals surface area contributed by atoms with Crippen LogP contribution < -0.4 is 4.74 Å². The smallest absolute Gasteiger partial charge is 0.335 e. The third-order valence-corrected chi connectivity index (χ3v) is 2.17. The monoisotopic (exact) mass is 210 g/mol. The maximum absolute atomic E-state index is 10.7. The summed E-state index contributed by atoms with van der Waals surface area (Å²) in [5.41, 5.74) is -0.975. The van der Waals surface area contributed by atoms with E-state index in [4.69, 9.17) is 9.84 Å². The van der Waals surface area contributed by atoms with Crippen molar-refractivity contribution >= 4 is 5.97 Å². The minimum absolute atomic E-state index is 0.0757. The van der Waals surface area contributed by atoms with Gasteiger partial charge in [0.2, 0.25) is 0 Å². The molecular weight excluding hydrogens is 196 g/mol. The maximum atomic E-state index is 10.7. The molecule has 4 heteroatoms. The third kappa shape index (κ3) is 2.95. The normalized spacial score (nSPS) is 14.3. The first-order valence-electron chi connectivity index (χ1n) is 4.54. The van der Waals surface area contributed by atoms with Crippen LogP contribution in [-0.2, 0) is 11.2 Å². The lowest BCUT2D eigenvalue weighted by molar-refractivity contribution is -0.156. The van der Waals surface area contributed by atoms with Crippen molar-refractivity contribution in [2.45, 2.75) is 18.9 Å². The van der Waals surface area contributed by atoms with Crippen molar-refractivity contribution in [2.24, 2.45) is 0 Å². The first kappa shape index (κ1) is 11.5. The number of carboxylic acid groups (broad SMARTS) is 1. The zero-order chi connectivity index (χ0) is 11.5. The van der Waals surface area contributed by atoms with Gasteiger partial charge in [0.15, 0.2) is 5.60 Å². The second-order valence-electron chi connectivity index (χ2n) is 3.60. The third-order valence-electron chi connectivity index (χ3n) is 2.17. The van der Waals surface area contributed by atoms with Gasteiger partial charge in [0.1, 0.15) is 5.75 Å². The van der Waals surface area contributed by atoms with Gasteiger partial charge in [0.25, 0.3) is 0 Å². The van der Waals surface area contributed by atoms with Crippen molar-refractivity contribution in [1.82, 2.24) is 0 Å². The SMILES string of the molecule is COc1ccc(CC(C)(O)C(=O)O)cc1. The van der Waals surface area contributed by atoms with E-state index >= 15 is 0 Å². The average Bonchev–Trinajstić information content (AvgIpc) is 2.18. The van der Waals surface area contributed by atoms with Gasteiger partial charge in [0, 0.05) is 6.42 Å². The number of aliphatic carboxylic acids is 1. The minimum Gasteiger partial charge on any atom is -0.497 e. The number of ether oxygens (including phenoxy) is 1. The molecule has 1 aromatic rings. The predicted octanol–water partition coefficient (Wildman–Crippen LogP) is 1.07. The van der Waals surface area contributed by atoms with Crippen LogP contribution in [-0.4, -0.2) is 28.9 Å². The molecule has 0 aliphatic heterocycles. The van der Waals surface area contributed by atoms with Gasteiger partial charge in [-0.1, -0.05) is 12.1 Å². The molecule has 1 unspecified atom stereocenters. The summed E-state index contributed by atoms with van der Waals surface area (Å²) in [5.74, 6) is -0.521. The molecule has 0 fully saturated rings. The molecule has 0 saturated carbocycles. The fourth-order valence-corrected chi connectivity index (χ4v) is 1.22. The van der Waals surface area contributed by atoms with Crippen LogP contribution in [0.3, 0.4) is 0 Å². The van der Waals surface area contributed by atoms with Gasteiger partial charge >= 0.3 is 5.97 Å². The van der Waals surface area contributed by atoms with E-state index in [2.05, 4.69) is 0 Å². The predicted molar refractivity (Wildman–Crippen MR) is 55.0 cm³/mol. The first-order chi connectivity index (χ1) is 6.95. The highest BCUT2D eigenvalue weighted by Gasteiger charge is 2.29. The fraction of sp³-hybridized carbons (Fsp3) is 0.364. The van der Waals surface area contributed by atoms with Crippen LogP contribution in [0, 0.1) is 0 Å². The van der Waals surface area contributed by atoms with Crippen LogP contribution in [0.2, 0.25) is 0 Å². The molecule has 0 radical (unpaired) electrons. The molecule has 82 valence electrons. The molecule has 0 heterocycles. The molecule has 0 saturated heterocycles. The quantitative estimate of drug-likeness (QED) is 0.780. The second-order valence-corrected chi connectivity index (χ2v) is 3.60. The van der Waals surface area contributed by atoms with Crippen molar-refractivity contribution in [3.63, 3.8) is 0 Å². The Bertz CT molecular complexity index is 340. The maximum Gasteiger partial charge on any atom is 0.335 e. The lowest BCUT2D eigenvalue weighted by atomic mass is 9.97. The van der Waals surface area contributed by atoms with Crippen LogP contribution in [0.1, 0.15) is 12.5 Å². The molecule has 0 aliphatic rings. The molecular formula is C11H14O4. The van der Waals surface area contributed by atoms with Gasteiger partial charge in [-0.15, -0.1) is 0 Å². The largest absolute Gasteiger partial charge is 0.497 e. The molecule has 0 aliphatic carbocycles. The molecule has 0 aromatic heterocycles. The van der Waals surface area contributed by atoms with Crippen molar-refractivity contribution in [2.75, 3.05) is 7.11 Å². The van der Waals surface area contributed by atoms with Crippen molar-refractivity contribution in [3.8, 4) is 5.75 Å². The molecule has 0 amide bonds. The number of hydrogen-bond acceptors (Lipinski definition) is 3. The highest BCUT2D eigenvalue weighted by molar-refractivity contribution is 5.76. The first-order valence-corrected chi connectivity index (χ1v) is 4.54. The number of methoxy groups -OCH3 is 1. The minimum atomic E-state index is -1.73. The zero-order valence-electron chi connectivity index (χ0n) is 8.73. The van der Waals surface area contributed by atoms with Gasteiger partial charge < -0.3 is 14.9 Å².